The van der Waals surface area contributed by atoms with Crippen LogP contribution in [0.4, 0.5) is 5.82 Å². The van der Waals surface area contributed by atoms with Crippen LogP contribution >= 0.6 is 11.6 Å². The predicted molar refractivity (Wildman–Crippen MR) is 92.4 cm³/mol. The fraction of sp³-hybridized carbons (Fsp3) is 0.294. The zero-order chi connectivity index (χ0) is 16.5. The fourth-order valence-corrected chi connectivity index (χ4v) is 2.79. The molecule has 1 N–H and O–H groups in total. The molecule has 1 aromatic carbocycles. The second kappa shape index (κ2) is 6.20. The Bertz CT molecular complexity index is 827. The Hall–Kier alpha value is -2.47. The van der Waals surface area contributed by atoms with Crippen LogP contribution < -0.4 is 5.32 Å². The van der Waals surface area contributed by atoms with Gasteiger partial charge >= 0.3 is 0 Å². The predicted octanol–water partition coefficient (Wildman–Crippen LogP) is 3.76. The standard InChI is InChI=1S/C17H17ClN6/c1-11(12-4-6-14(7-5-12)24-10-19-9-20-24)21-16-8-15(18)22-17(23-16)13-2-3-13/h4-11,13H,2-3H2,1H3,(H,21,22,23). The van der Waals surface area contributed by atoms with E-state index >= 15 is 0 Å². The lowest BCUT2D eigenvalue weighted by Gasteiger charge is -2.16. The highest BCUT2D eigenvalue weighted by Gasteiger charge is 2.27. The van der Waals surface area contributed by atoms with Crippen LogP contribution in [0, 0.1) is 0 Å². The number of hydrogen-bond donors (Lipinski definition) is 1. The van der Waals surface area contributed by atoms with Gasteiger partial charge in [-0.2, -0.15) is 5.10 Å². The summed E-state index contributed by atoms with van der Waals surface area (Å²) in [7, 11) is 0. The summed E-state index contributed by atoms with van der Waals surface area (Å²) in [4.78, 5) is 12.9. The van der Waals surface area contributed by atoms with Crippen LogP contribution in [-0.2, 0) is 0 Å². The number of aromatic nitrogens is 5. The van der Waals surface area contributed by atoms with E-state index in [1.54, 1.807) is 17.1 Å². The maximum atomic E-state index is 6.12. The molecule has 0 spiro atoms. The largest absolute Gasteiger partial charge is 0.363 e. The minimum Gasteiger partial charge on any atom is -0.363 e. The molecule has 3 aromatic rings. The van der Waals surface area contributed by atoms with Crippen LogP contribution in [-0.4, -0.2) is 24.7 Å². The van der Waals surface area contributed by atoms with Gasteiger partial charge in [0.05, 0.1) is 5.69 Å². The number of hydrogen-bond acceptors (Lipinski definition) is 5. The molecule has 1 unspecified atom stereocenters. The van der Waals surface area contributed by atoms with Crippen molar-refractivity contribution in [1.82, 2.24) is 24.7 Å². The van der Waals surface area contributed by atoms with Crippen molar-refractivity contribution in [2.24, 2.45) is 0 Å². The summed E-state index contributed by atoms with van der Waals surface area (Å²) < 4.78 is 1.73. The SMILES string of the molecule is CC(Nc1cc(Cl)nc(C2CC2)n1)c1ccc(-n2cncn2)cc1. The third kappa shape index (κ3) is 3.23. The monoisotopic (exact) mass is 340 g/mol. The number of anilines is 1. The Morgan fingerprint density at radius 3 is 2.67 bits per heavy atom. The molecule has 1 aliphatic carbocycles. The van der Waals surface area contributed by atoms with E-state index in [0.717, 1.165) is 35.7 Å². The number of benzene rings is 1. The second-order valence-electron chi connectivity index (χ2n) is 6.01. The van der Waals surface area contributed by atoms with Gasteiger partial charge in [-0.1, -0.05) is 23.7 Å². The van der Waals surface area contributed by atoms with Gasteiger partial charge in [-0.3, -0.25) is 0 Å². The van der Waals surface area contributed by atoms with Gasteiger partial charge in [0.15, 0.2) is 0 Å². The molecule has 0 saturated heterocycles. The van der Waals surface area contributed by atoms with Gasteiger partial charge in [-0.05, 0) is 37.5 Å². The van der Waals surface area contributed by atoms with Gasteiger partial charge in [0, 0.05) is 18.0 Å². The van der Waals surface area contributed by atoms with Gasteiger partial charge in [0.2, 0.25) is 0 Å². The maximum absolute atomic E-state index is 6.12. The van der Waals surface area contributed by atoms with E-state index in [-0.39, 0.29) is 6.04 Å². The highest BCUT2D eigenvalue weighted by molar-refractivity contribution is 6.29. The van der Waals surface area contributed by atoms with Crippen LogP contribution in [0.1, 0.15) is 43.1 Å². The number of nitrogens with one attached hydrogen (secondary N) is 1. The molecule has 0 aliphatic heterocycles. The molecule has 1 saturated carbocycles. The Balaban J connectivity index is 1.50. The molecule has 1 aliphatic rings. The van der Waals surface area contributed by atoms with E-state index in [1.807, 2.05) is 12.1 Å². The zero-order valence-corrected chi connectivity index (χ0v) is 14.0. The highest BCUT2D eigenvalue weighted by atomic mass is 35.5. The van der Waals surface area contributed by atoms with Gasteiger partial charge in [-0.15, -0.1) is 0 Å². The lowest BCUT2D eigenvalue weighted by Crippen LogP contribution is -2.09. The van der Waals surface area contributed by atoms with Crippen LogP contribution in [0.5, 0.6) is 0 Å². The first kappa shape index (κ1) is 15.1. The minimum absolute atomic E-state index is 0.104. The van der Waals surface area contributed by atoms with Crippen LogP contribution in [0.25, 0.3) is 5.69 Å². The van der Waals surface area contributed by atoms with Crippen molar-refractivity contribution in [3.63, 3.8) is 0 Å². The number of rotatable bonds is 5. The first-order valence-electron chi connectivity index (χ1n) is 7.95. The quantitative estimate of drug-likeness (QED) is 0.716. The van der Waals surface area contributed by atoms with Crippen molar-refractivity contribution in [3.05, 3.63) is 59.5 Å². The van der Waals surface area contributed by atoms with Crippen molar-refractivity contribution >= 4 is 17.4 Å². The normalized spacial score (nSPS) is 15.2. The molecule has 2 heterocycles. The zero-order valence-electron chi connectivity index (χ0n) is 13.2. The molecule has 0 radical (unpaired) electrons. The van der Waals surface area contributed by atoms with Gasteiger partial charge in [-0.25, -0.2) is 19.6 Å². The molecule has 0 amide bonds. The molecule has 7 heteroatoms. The Kier molecular flexibility index (Phi) is 3.90. The smallest absolute Gasteiger partial charge is 0.138 e. The summed E-state index contributed by atoms with van der Waals surface area (Å²) in [5, 5.41) is 8.02. The van der Waals surface area contributed by atoms with E-state index < -0.39 is 0 Å². The first-order chi connectivity index (χ1) is 11.7. The van der Waals surface area contributed by atoms with Crippen molar-refractivity contribution in [1.29, 1.82) is 0 Å². The maximum Gasteiger partial charge on any atom is 0.138 e. The summed E-state index contributed by atoms with van der Waals surface area (Å²) in [6, 6.07) is 10.1. The Morgan fingerprint density at radius 1 is 1.21 bits per heavy atom. The summed E-state index contributed by atoms with van der Waals surface area (Å²) in [5.41, 5.74) is 2.13. The second-order valence-corrected chi connectivity index (χ2v) is 6.39. The molecule has 0 bridgehead atoms. The van der Waals surface area contributed by atoms with Crippen LogP contribution in [0.15, 0.2) is 43.0 Å². The molecular formula is C17H17ClN6. The van der Waals surface area contributed by atoms with Crippen molar-refractivity contribution in [2.45, 2.75) is 31.7 Å². The summed E-state index contributed by atoms with van der Waals surface area (Å²) in [6.07, 6.45) is 5.51. The van der Waals surface area contributed by atoms with Gasteiger partial charge in [0.1, 0.15) is 29.5 Å². The van der Waals surface area contributed by atoms with Crippen LogP contribution in [0.2, 0.25) is 5.15 Å². The van der Waals surface area contributed by atoms with Gasteiger partial charge in [0.25, 0.3) is 0 Å². The van der Waals surface area contributed by atoms with E-state index in [2.05, 4.69) is 44.4 Å². The molecule has 4 rings (SSSR count). The molecule has 6 nitrogen and oxygen atoms in total. The third-order valence-electron chi connectivity index (χ3n) is 4.10. The van der Waals surface area contributed by atoms with Crippen molar-refractivity contribution in [2.75, 3.05) is 5.32 Å². The molecule has 1 fully saturated rings. The molecular weight excluding hydrogens is 324 g/mol. The molecule has 122 valence electrons. The summed E-state index contributed by atoms with van der Waals surface area (Å²) in [5.74, 6) is 2.09. The van der Waals surface area contributed by atoms with E-state index in [9.17, 15) is 0 Å². The lowest BCUT2D eigenvalue weighted by atomic mass is 10.1. The van der Waals surface area contributed by atoms with E-state index in [0.29, 0.717) is 11.1 Å². The molecule has 2 aromatic heterocycles. The van der Waals surface area contributed by atoms with Crippen molar-refractivity contribution < 1.29 is 0 Å². The highest BCUT2D eigenvalue weighted by Crippen LogP contribution is 2.39. The van der Waals surface area contributed by atoms with E-state index in [4.69, 9.17) is 11.6 Å². The number of halogens is 1. The lowest BCUT2D eigenvalue weighted by molar-refractivity contribution is 0.847. The topological polar surface area (TPSA) is 68.5 Å². The van der Waals surface area contributed by atoms with Crippen molar-refractivity contribution in [3.8, 4) is 5.69 Å². The summed E-state index contributed by atoms with van der Waals surface area (Å²) >= 11 is 6.12. The first-order valence-corrected chi connectivity index (χ1v) is 8.33. The molecule has 24 heavy (non-hydrogen) atoms. The van der Waals surface area contributed by atoms with Crippen LogP contribution in [0.3, 0.4) is 0 Å². The summed E-state index contributed by atoms with van der Waals surface area (Å²) in [6.45, 7) is 2.09. The number of nitrogens with zero attached hydrogens (tertiary/aromatic N) is 5. The molecule has 1 atom stereocenters. The minimum atomic E-state index is 0.104. The third-order valence-corrected chi connectivity index (χ3v) is 4.29. The average molecular weight is 341 g/mol. The average Bonchev–Trinajstić information content (AvgIpc) is 3.29. The Morgan fingerprint density at radius 2 is 2.00 bits per heavy atom. The Labute approximate surface area is 144 Å². The fourth-order valence-electron chi connectivity index (χ4n) is 2.60. The van der Waals surface area contributed by atoms with E-state index in [1.165, 1.54) is 6.33 Å². The van der Waals surface area contributed by atoms with Gasteiger partial charge < -0.3 is 5.32 Å².